The lowest BCUT2D eigenvalue weighted by molar-refractivity contribution is -0.133. The molecule has 3 atom stereocenters. The Morgan fingerprint density at radius 3 is 2.34 bits per heavy atom. The Bertz CT molecular complexity index is 1080. The van der Waals surface area contributed by atoms with Gasteiger partial charge in [0.2, 0.25) is 5.91 Å². The first-order valence-corrected chi connectivity index (χ1v) is 12.1. The van der Waals surface area contributed by atoms with Crippen LogP contribution in [0.5, 0.6) is 0 Å². The number of benzene rings is 2. The number of carbonyl (C=O) groups excluding carboxylic acids is 2. The summed E-state index contributed by atoms with van der Waals surface area (Å²) in [6.07, 6.45) is 3.85. The van der Waals surface area contributed by atoms with E-state index in [0.29, 0.717) is 25.6 Å². The van der Waals surface area contributed by atoms with Gasteiger partial charge in [-0.15, -0.1) is 0 Å². The van der Waals surface area contributed by atoms with Gasteiger partial charge in [-0.25, -0.2) is 18.0 Å². The fourth-order valence-corrected chi connectivity index (χ4v) is 4.97. The van der Waals surface area contributed by atoms with Crippen molar-refractivity contribution in [2.45, 2.75) is 63.6 Å². The first-order chi connectivity index (χ1) is 16.7. The summed E-state index contributed by atoms with van der Waals surface area (Å²) in [4.78, 5) is 29.1. The third-order valence-corrected chi connectivity index (χ3v) is 6.85. The third kappa shape index (κ3) is 5.78. The van der Waals surface area contributed by atoms with Gasteiger partial charge in [0.25, 0.3) is 0 Å². The number of unbranched alkanes of at least 4 members (excludes halogenated alkanes) is 1. The van der Waals surface area contributed by atoms with Gasteiger partial charge >= 0.3 is 6.03 Å². The average molecular weight is 489 g/mol. The molecule has 0 aliphatic carbocycles. The van der Waals surface area contributed by atoms with Crippen molar-refractivity contribution in [3.8, 4) is 0 Å². The minimum atomic E-state index is -1.26. The van der Waals surface area contributed by atoms with E-state index in [2.05, 4.69) is 12.2 Å². The number of halogens is 3. The summed E-state index contributed by atoms with van der Waals surface area (Å²) in [5.41, 5.74) is 7.94. The Morgan fingerprint density at radius 2 is 1.69 bits per heavy atom. The zero-order valence-electron chi connectivity index (χ0n) is 19.8. The number of aryl methyl sites for hydroxylation is 1. The second-order valence-corrected chi connectivity index (χ2v) is 9.50. The van der Waals surface area contributed by atoms with Gasteiger partial charge in [-0.3, -0.25) is 4.79 Å². The largest absolute Gasteiger partial charge is 0.336 e. The fourth-order valence-electron chi connectivity index (χ4n) is 4.97. The molecule has 9 heteroatoms. The molecule has 0 aromatic heterocycles. The van der Waals surface area contributed by atoms with Crippen molar-refractivity contribution in [1.82, 2.24) is 9.80 Å². The van der Waals surface area contributed by atoms with Crippen LogP contribution in [0, 0.1) is 17.5 Å². The predicted octanol–water partition coefficient (Wildman–Crippen LogP) is 4.22. The van der Waals surface area contributed by atoms with E-state index in [1.54, 1.807) is 9.80 Å². The van der Waals surface area contributed by atoms with Crippen molar-refractivity contribution in [3.63, 3.8) is 0 Å². The number of nitrogens with zero attached hydrogens (tertiary/aromatic N) is 2. The first-order valence-electron chi connectivity index (χ1n) is 12.1. The Hall–Kier alpha value is -3.07. The maximum atomic E-state index is 13.9. The van der Waals surface area contributed by atoms with E-state index >= 15 is 0 Å². The lowest BCUT2D eigenvalue weighted by atomic mass is 10.0. The van der Waals surface area contributed by atoms with E-state index in [4.69, 9.17) is 5.73 Å². The Labute approximate surface area is 203 Å². The second kappa shape index (κ2) is 10.7. The van der Waals surface area contributed by atoms with Gasteiger partial charge in [0.1, 0.15) is 5.82 Å². The second-order valence-electron chi connectivity index (χ2n) is 9.50. The molecular formula is C26H31F3N4O2. The van der Waals surface area contributed by atoms with E-state index in [-0.39, 0.29) is 42.4 Å². The van der Waals surface area contributed by atoms with E-state index in [0.717, 1.165) is 31.0 Å². The summed E-state index contributed by atoms with van der Waals surface area (Å²) in [7, 11) is 0. The topological polar surface area (TPSA) is 78.7 Å². The molecule has 2 aliphatic heterocycles. The van der Waals surface area contributed by atoms with E-state index < -0.39 is 23.5 Å². The van der Waals surface area contributed by atoms with Crippen LogP contribution < -0.4 is 11.1 Å². The predicted molar refractivity (Wildman–Crippen MR) is 127 cm³/mol. The molecule has 2 aromatic rings. The van der Waals surface area contributed by atoms with Crippen LogP contribution in [-0.4, -0.2) is 53.0 Å². The number of anilines is 1. The molecule has 4 rings (SSSR count). The van der Waals surface area contributed by atoms with Crippen molar-refractivity contribution >= 4 is 17.6 Å². The number of likely N-dealkylation sites (tertiary alicyclic amines) is 2. The number of hydrogen-bond acceptors (Lipinski definition) is 3. The Morgan fingerprint density at radius 1 is 1.03 bits per heavy atom. The lowest BCUT2D eigenvalue weighted by Gasteiger charge is -2.34. The Balaban J connectivity index is 1.27. The lowest BCUT2D eigenvalue weighted by Crippen LogP contribution is -2.52. The summed E-state index contributed by atoms with van der Waals surface area (Å²) in [5, 5.41) is 2.94. The average Bonchev–Trinajstić information content (AvgIpc) is 3.43. The van der Waals surface area contributed by atoms with Crippen molar-refractivity contribution in [1.29, 1.82) is 0 Å². The number of fused-ring (bicyclic) bond motifs is 2. The monoisotopic (exact) mass is 488 g/mol. The molecule has 2 aromatic carbocycles. The number of nitrogens with one attached hydrogen (secondary N) is 1. The molecule has 2 heterocycles. The number of urea groups is 1. The molecule has 0 spiro atoms. The third-order valence-electron chi connectivity index (χ3n) is 6.85. The van der Waals surface area contributed by atoms with Crippen molar-refractivity contribution in [2.24, 2.45) is 5.73 Å². The highest BCUT2D eigenvalue weighted by molar-refractivity contribution is 5.90. The number of carbonyl (C=O) groups is 2. The zero-order chi connectivity index (χ0) is 25.1. The van der Waals surface area contributed by atoms with Gasteiger partial charge in [0, 0.05) is 37.3 Å². The van der Waals surface area contributed by atoms with Gasteiger partial charge in [0.15, 0.2) is 11.6 Å². The number of amides is 3. The van der Waals surface area contributed by atoms with Crippen LogP contribution in [0.25, 0.3) is 0 Å². The molecule has 35 heavy (non-hydrogen) atoms. The molecule has 6 nitrogen and oxygen atoms in total. The molecular weight excluding hydrogens is 457 g/mol. The van der Waals surface area contributed by atoms with Gasteiger partial charge in [-0.2, -0.15) is 0 Å². The summed E-state index contributed by atoms with van der Waals surface area (Å²) in [5.74, 6) is -3.48. The molecule has 2 fully saturated rings. The van der Waals surface area contributed by atoms with Crippen LogP contribution in [0.4, 0.5) is 23.7 Å². The summed E-state index contributed by atoms with van der Waals surface area (Å²) >= 11 is 0. The van der Waals surface area contributed by atoms with Gasteiger partial charge < -0.3 is 20.9 Å². The maximum absolute atomic E-state index is 13.9. The van der Waals surface area contributed by atoms with Crippen LogP contribution in [0.3, 0.4) is 0 Å². The molecule has 0 saturated carbocycles. The van der Waals surface area contributed by atoms with Crippen molar-refractivity contribution in [2.75, 3.05) is 18.4 Å². The van der Waals surface area contributed by atoms with Crippen LogP contribution in [0.1, 0.15) is 43.7 Å². The standard InChI is InChI=1S/C26H31F3N4O2/c1-2-3-4-16-5-7-19(8-6-16)31-26(35)33-15-20-12-21(33)14-32(20)25(34)11-18(30)9-17-10-23(28)24(29)13-22(17)27/h5-8,10,13,18,20-21H,2-4,9,11-12,14-15,30H2,1H3,(H,31,35)/t18-,20+,21+/m1/s1. The quantitative estimate of drug-likeness (QED) is 0.546. The number of nitrogens with two attached hydrogens (primary N) is 1. The van der Waals surface area contributed by atoms with Crippen LogP contribution in [-0.2, 0) is 17.6 Å². The SMILES string of the molecule is CCCCc1ccc(NC(=O)N2C[C@@H]3C[C@H]2CN3C(=O)C[C@H](N)Cc2cc(F)c(F)cc2F)cc1. The highest BCUT2D eigenvalue weighted by atomic mass is 19.2. The maximum Gasteiger partial charge on any atom is 0.322 e. The number of rotatable bonds is 8. The molecule has 3 amide bonds. The van der Waals surface area contributed by atoms with Crippen LogP contribution in [0.2, 0.25) is 0 Å². The molecule has 2 bridgehead atoms. The number of hydrogen-bond donors (Lipinski definition) is 2. The van der Waals surface area contributed by atoms with Crippen LogP contribution in [0.15, 0.2) is 36.4 Å². The minimum Gasteiger partial charge on any atom is -0.336 e. The molecule has 2 saturated heterocycles. The zero-order valence-corrected chi connectivity index (χ0v) is 19.8. The summed E-state index contributed by atoms with van der Waals surface area (Å²) in [6, 6.07) is 8.04. The van der Waals surface area contributed by atoms with Crippen LogP contribution >= 0.6 is 0 Å². The van der Waals surface area contributed by atoms with Gasteiger partial charge in [-0.05, 0) is 55.0 Å². The van der Waals surface area contributed by atoms with E-state index in [1.807, 2.05) is 24.3 Å². The highest BCUT2D eigenvalue weighted by Gasteiger charge is 2.47. The van der Waals surface area contributed by atoms with Gasteiger partial charge in [-0.1, -0.05) is 25.5 Å². The number of piperazine rings is 1. The molecule has 3 N–H and O–H groups in total. The van der Waals surface area contributed by atoms with Crippen molar-refractivity contribution in [3.05, 3.63) is 65.0 Å². The normalized spacial score (nSPS) is 19.8. The molecule has 0 unspecified atom stereocenters. The van der Waals surface area contributed by atoms with Gasteiger partial charge in [0.05, 0.1) is 12.1 Å². The Kier molecular flexibility index (Phi) is 7.64. The molecule has 0 radical (unpaired) electrons. The summed E-state index contributed by atoms with van der Waals surface area (Å²) < 4.78 is 40.4. The minimum absolute atomic E-state index is 0.0434. The molecule has 188 valence electrons. The first kappa shape index (κ1) is 25.0. The fraction of sp³-hybridized carbons (Fsp3) is 0.462. The summed E-state index contributed by atoms with van der Waals surface area (Å²) in [6.45, 7) is 3.00. The smallest absolute Gasteiger partial charge is 0.322 e. The highest BCUT2D eigenvalue weighted by Crippen LogP contribution is 2.32. The van der Waals surface area contributed by atoms with Crippen molar-refractivity contribution < 1.29 is 22.8 Å². The molecule has 2 aliphatic rings. The van der Waals surface area contributed by atoms with E-state index in [1.165, 1.54) is 5.56 Å². The van der Waals surface area contributed by atoms with E-state index in [9.17, 15) is 22.8 Å².